The number of carbonyl (C=O) groups is 1. The van der Waals surface area contributed by atoms with Gasteiger partial charge in [-0.15, -0.1) is 0 Å². The summed E-state index contributed by atoms with van der Waals surface area (Å²) in [5, 5.41) is 0. The third-order valence-corrected chi connectivity index (χ3v) is 5.71. The van der Waals surface area contributed by atoms with Crippen LogP contribution in [0.4, 0.5) is 0 Å². The molecule has 2 heterocycles. The number of nitrogens with zero attached hydrogens (tertiary/aromatic N) is 3. The molecule has 6 nitrogen and oxygen atoms in total. The summed E-state index contributed by atoms with van der Waals surface area (Å²) in [6.45, 7) is 7.64. The standard InChI is InChI=1S/C19H24N4O2S/c1-5-22(6-2)18(24)17-12(3)23-15(11-20)16(21-19(23)26-17)13-8-7-9-14(10-13)25-4/h7-10H,5-6,11,20H2,1-4H3. The molecule has 0 aliphatic rings. The monoisotopic (exact) mass is 372 g/mol. The van der Waals surface area contributed by atoms with Gasteiger partial charge in [0.1, 0.15) is 10.6 Å². The van der Waals surface area contributed by atoms with Crippen LogP contribution in [0.25, 0.3) is 16.2 Å². The minimum Gasteiger partial charge on any atom is -0.497 e. The van der Waals surface area contributed by atoms with Crippen LogP contribution in [0, 0.1) is 6.92 Å². The van der Waals surface area contributed by atoms with Gasteiger partial charge in [-0.2, -0.15) is 0 Å². The number of aryl methyl sites for hydroxylation is 1. The first-order chi connectivity index (χ1) is 12.5. The van der Waals surface area contributed by atoms with E-state index in [0.29, 0.717) is 19.6 Å². The van der Waals surface area contributed by atoms with Gasteiger partial charge in [0.15, 0.2) is 4.96 Å². The van der Waals surface area contributed by atoms with Crippen LogP contribution in [0.2, 0.25) is 0 Å². The summed E-state index contributed by atoms with van der Waals surface area (Å²) in [6.07, 6.45) is 0. The van der Waals surface area contributed by atoms with Gasteiger partial charge in [-0.3, -0.25) is 9.20 Å². The second kappa shape index (κ2) is 7.47. The fourth-order valence-corrected chi connectivity index (χ4v) is 4.27. The van der Waals surface area contributed by atoms with Crippen LogP contribution in [0.3, 0.4) is 0 Å². The van der Waals surface area contributed by atoms with Gasteiger partial charge in [0.2, 0.25) is 0 Å². The van der Waals surface area contributed by atoms with Gasteiger partial charge in [-0.25, -0.2) is 4.98 Å². The Morgan fingerprint density at radius 2 is 2.08 bits per heavy atom. The molecule has 0 atom stereocenters. The molecule has 2 N–H and O–H groups in total. The largest absolute Gasteiger partial charge is 0.497 e. The molecule has 0 radical (unpaired) electrons. The Bertz CT molecular complexity index is 941. The average molecular weight is 372 g/mol. The SMILES string of the molecule is CCN(CC)C(=O)c1sc2nc(-c3cccc(OC)c3)c(CN)n2c1C. The molecule has 138 valence electrons. The number of thiazole rings is 1. The van der Waals surface area contributed by atoms with E-state index in [0.717, 1.165) is 38.2 Å². The molecule has 1 aromatic carbocycles. The number of imidazole rings is 1. The van der Waals surface area contributed by atoms with E-state index in [9.17, 15) is 4.79 Å². The van der Waals surface area contributed by atoms with Crippen LogP contribution in [0.5, 0.6) is 5.75 Å². The first-order valence-corrected chi connectivity index (χ1v) is 9.51. The normalized spacial score (nSPS) is 11.1. The molecule has 0 spiro atoms. The zero-order valence-corrected chi connectivity index (χ0v) is 16.4. The molecular weight excluding hydrogens is 348 g/mol. The Hall–Kier alpha value is -2.38. The van der Waals surface area contributed by atoms with E-state index in [2.05, 4.69) is 0 Å². The summed E-state index contributed by atoms with van der Waals surface area (Å²) >= 11 is 1.42. The summed E-state index contributed by atoms with van der Waals surface area (Å²) in [5.74, 6) is 0.824. The Morgan fingerprint density at radius 3 is 2.69 bits per heavy atom. The van der Waals surface area contributed by atoms with E-state index in [4.69, 9.17) is 15.5 Å². The predicted octanol–water partition coefficient (Wildman–Crippen LogP) is 3.32. The smallest absolute Gasteiger partial charge is 0.265 e. The summed E-state index contributed by atoms with van der Waals surface area (Å²) in [7, 11) is 1.64. The number of aromatic nitrogens is 2. The summed E-state index contributed by atoms with van der Waals surface area (Å²) in [5.41, 5.74) is 9.64. The minimum absolute atomic E-state index is 0.0499. The average Bonchev–Trinajstić information content (AvgIpc) is 3.19. The maximum atomic E-state index is 12.8. The lowest BCUT2D eigenvalue weighted by molar-refractivity contribution is 0.0776. The zero-order chi connectivity index (χ0) is 18.8. The van der Waals surface area contributed by atoms with Gasteiger partial charge in [-0.1, -0.05) is 23.5 Å². The lowest BCUT2D eigenvalue weighted by Crippen LogP contribution is -2.30. The van der Waals surface area contributed by atoms with Crippen LogP contribution >= 0.6 is 11.3 Å². The van der Waals surface area contributed by atoms with Gasteiger partial charge in [0.25, 0.3) is 5.91 Å². The summed E-state index contributed by atoms with van der Waals surface area (Å²) < 4.78 is 7.33. The van der Waals surface area contributed by atoms with Gasteiger partial charge >= 0.3 is 0 Å². The Labute approximate surface area is 157 Å². The van der Waals surface area contributed by atoms with E-state index in [1.807, 2.05) is 54.3 Å². The van der Waals surface area contributed by atoms with Crippen molar-refractivity contribution in [2.24, 2.45) is 5.73 Å². The number of hydrogen-bond donors (Lipinski definition) is 1. The first kappa shape index (κ1) is 18.4. The van der Waals surface area contributed by atoms with Crippen molar-refractivity contribution in [2.45, 2.75) is 27.3 Å². The highest BCUT2D eigenvalue weighted by molar-refractivity contribution is 7.19. The number of nitrogens with two attached hydrogens (primary N) is 1. The number of benzene rings is 1. The third-order valence-electron chi connectivity index (χ3n) is 4.58. The zero-order valence-electron chi connectivity index (χ0n) is 15.6. The lowest BCUT2D eigenvalue weighted by Gasteiger charge is -2.17. The first-order valence-electron chi connectivity index (χ1n) is 8.70. The quantitative estimate of drug-likeness (QED) is 0.720. The number of hydrogen-bond acceptors (Lipinski definition) is 5. The van der Waals surface area contributed by atoms with Crippen molar-refractivity contribution in [3.63, 3.8) is 0 Å². The molecule has 7 heteroatoms. The molecule has 0 fully saturated rings. The number of rotatable bonds is 6. The number of methoxy groups -OCH3 is 1. The molecule has 0 saturated carbocycles. The second-order valence-electron chi connectivity index (χ2n) is 5.96. The fourth-order valence-electron chi connectivity index (χ4n) is 3.15. The molecule has 3 rings (SSSR count). The second-order valence-corrected chi connectivity index (χ2v) is 6.93. The lowest BCUT2D eigenvalue weighted by atomic mass is 10.1. The highest BCUT2D eigenvalue weighted by atomic mass is 32.1. The van der Waals surface area contributed by atoms with E-state index in [1.165, 1.54) is 11.3 Å². The molecule has 3 aromatic rings. The predicted molar refractivity (Wildman–Crippen MR) is 105 cm³/mol. The van der Waals surface area contributed by atoms with E-state index < -0.39 is 0 Å². The van der Waals surface area contributed by atoms with Crippen molar-refractivity contribution in [3.05, 3.63) is 40.5 Å². The molecule has 2 aromatic heterocycles. The fraction of sp³-hybridized carbons (Fsp3) is 0.368. The van der Waals surface area contributed by atoms with Gasteiger partial charge in [-0.05, 0) is 32.9 Å². The van der Waals surface area contributed by atoms with E-state index in [1.54, 1.807) is 7.11 Å². The topological polar surface area (TPSA) is 72.9 Å². The van der Waals surface area contributed by atoms with Gasteiger partial charge < -0.3 is 15.4 Å². The minimum atomic E-state index is 0.0499. The summed E-state index contributed by atoms with van der Waals surface area (Å²) in [4.78, 5) is 20.9. The molecular formula is C19H24N4O2S. The molecule has 0 aliphatic heterocycles. The maximum absolute atomic E-state index is 12.8. The number of ether oxygens (including phenoxy) is 1. The highest BCUT2D eigenvalue weighted by Gasteiger charge is 2.24. The summed E-state index contributed by atoms with van der Waals surface area (Å²) in [6, 6.07) is 7.77. The van der Waals surface area contributed by atoms with Gasteiger partial charge in [0, 0.05) is 30.9 Å². The van der Waals surface area contributed by atoms with Crippen molar-refractivity contribution in [1.29, 1.82) is 0 Å². The van der Waals surface area contributed by atoms with Crippen LogP contribution < -0.4 is 10.5 Å². The van der Waals surface area contributed by atoms with Crippen molar-refractivity contribution < 1.29 is 9.53 Å². The van der Waals surface area contributed by atoms with Crippen molar-refractivity contribution in [1.82, 2.24) is 14.3 Å². The van der Waals surface area contributed by atoms with Crippen LogP contribution in [-0.2, 0) is 6.54 Å². The van der Waals surface area contributed by atoms with E-state index >= 15 is 0 Å². The van der Waals surface area contributed by atoms with Crippen molar-refractivity contribution in [2.75, 3.05) is 20.2 Å². The van der Waals surface area contributed by atoms with Crippen LogP contribution in [0.1, 0.15) is 34.9 Å². The molecule has 0 unspecified atom stereocenters. The maximum Gasteiger partial charge on any atom is 0.265 e. The number of amides is 1. The van der Waals surface area contributed by atoms with Crippen molar-refractivity contribution >= 4 is 22.2 Å². The molecule has 0 aliphatic carbocycles. The number of fused-ring (bicyclic) bond motifs is 1. The van der Waals surface area contributed by atoms with Crippen LogP contribution in [-0.4, -0.2) is 40.4 Å². The molecule has 26 heavy (non-hydrogen) atoms. The van der Waals surface area contributed by atoms with E-state index in [-0.39, 0.29) is 5.91 Å². The molecule has 1 amide bonds. The Kier molecular flexibility index (Phi) is 5.29. The van der Waals surface area contributed by atoms with Crippen LogP contribution in [0.15, 0.2) is 24.3 Å². The van der Waals surface area contributed by atoms with Gasteiger partial charge in [0.05, 0.1) is 18.5 Å². The Balaban J connectivity index is 2.14. The molecule has 0 bridgehead atoms. The van der Waals surface area contributed by atoms with Crippen molar-refractivity contribution in [3.8, 4) is 17.0 Å². The molecule has 0 saturated heterocycles. The highest BCUT2D eigenvalue weighted by Crippen LogP contribution is 2.32. The Morgan fingerprint density at radius 1 is 1.35 bits per heavy atom. The number of carbonyl (C=O) groups excluding carboxylic acids is 1. The third kappa shape index (κ3) is 2.97.